The minimum atomic E-state index is -0.353. The predicted molar refractivity (Wildman–Crippen MR) is 59.7 cm³/mol. The van der Waals surface area contributed by atoms with E-state index in [1.807, 2.05) is 0 Å². The van der Waals surface area contributed by atoms with Crippen LogP contribution >= 0.6 is 23.2 Å². The molecule has 0 saturated carbocycles. The topological polar surface area (TPSA) is 12.9 Å². The fourth-order valence-electron chi connectivity index (χ4n) is 1.28. The molecule has 0 saturated heterocycles. The second-order valence-electron chi connectivity index (χ2n) is 2.98. The van der Waals surface area contributed by atoms with Crippen LogP contribution in [0.5, 0.6) is 0 Å². The monoisotopic (exact) mass is 241 g/mol. The molecule has 76 valence electrons. The maximum absolute atomic E-state index is 13.4. The summed E-state index contributed by atoms with van der Waals surface area (Å²) in [5.74, 6) is -0.353. The molecule has 1 heterocycles. The Bertz CT molecular complexity index is 500. The van der Waals surface area contributed by atoms with E-state index in [-0.39, 0.29) is 5.82 Å². The molecule has 2 aromatic rings. The van der Waals surface area contributed by atoms with Gasteiger partial charge in [-0.15, -0.1) is 0 Å². The van der Waals surface area contributed by atoms with Crippen LogP contribution < -0.4 is 0 Å². The molecule has 1 nitrogen and oxygen atoms in total. The van der Waals surface area contributed by atoms with E-state index in [9.17, 15) is 4.39 Å². The van der Waals surface area contributed by atoms with Crippen LogP contribution in [0.4, 0.5) is 4.39 Å². The normalized spacial score (nSPS) is 10.3. The van der Waals surface area contributed by atoms with Crippen LogP contribution in [-0.4, -0.2) is 4.98 Å². The molecule has 0 unspecified atom stereocenters. The van der Waals surface area contributed by atoms with E-state index in [1.54, 1.807) is 18.2 Å². The molecule has 0 radical (unpaired) electrons. The molecule has 1 aromatic carbocycles. The Morgan fingerprint density at radius 3 is 2.53 bits per heavy atom. The SMILES string of the molecule is Fc1ccncc1-c1ccc(Cl)cc1Cl. The average Bonchev–Trinajstić information content (AvgIpc) is 2.20. The minimum Gasteiger partial charge on any atom is -0.264 e. The number of halogens is 3. The van der Waals surface area contributed by atoms with E-state index in [0.717, 1.165) is 0 Å². The van der Waals surface area contributed by atoms with Crippen molar-refractivity contribution in [2.24, 2.45) is 0 Å². The fourth-order valence-corrected chi connectivity index (χ4v) is 1.79. The average molecular weight is 242 g/mol. The Hall–Kier alpha value is -1.12. The number of pyridine rings is 1. The van der Waals surface area contributed by atoms with Crippen molar-refractivity contribution in [2.75, 3.05) is 0 Å². The first kappa shape index (κ1) is 10.4. The van der Waals surface area contributed by atoms with Gasteiger partial charge in [0.05, 0.1) is 5.02 Å². The van der Waals surface area contributed by atoms with Crippen LogP contribution in [0.3, 0.4) is 0 Å². The molecule has 4 heteroatoms. The molecule has 0 amide bonds. The number of hydrogen-bond acceptors (Lipinski definition) is 1. The zero-order valence-corrected chi connectivity index (χ0v) is 9.06. The molecule has 0 N–H and O–H groups in total. The second-order valence-corrected chi connectivity index (χ2v) is 3.82. The van der Waals surface area contributed by atoms with E-state index in [0.29, 0.717) is 21.2 Å². The molecule has 0 fully saturated rings. The molecule has 0 atom stereocenters. The third-order valence-corrected chi connectivity index (χ3v) is 2.54. The number of aromatic nitrogens is 1. The highest BCUT2D eigenvalue weighted by molar-refractivity contribution is 6.36. The molecule has 0 aliphatic heterocycles. The van der Waals surface area contributed by atoms with Gasteiger partial charge < -0.3 is 0 Å². The highest BCUT2D eigenvalue weighted by Crippen LogP contribution is 2.31. The lowest BCUT2D eigenvalue weighted by atomic mass is 10.1. The molecule has 2 rings (SSSR count). The van der Waals surface area contributed by atoms with E-state index in [1.165, 1.54) is 18.5 Å². The first-order valence-electron chi connectivity index (χ1n) is 4.23. The third-order valence-electron chi connectivity index (χ3n) is 1.99. The quantitative estimate of drug-likeness (QED) is 0.730. The van der Waals surface area contributed by atoms with Crippen LogP contribution in [0.25, 0.3) is 11.1 Å². The summed E-state index contributed by atoms with van der Waals surface area (Å²) < 4.78 is 13.4. The summed E-state index contributed by atoms with van der Waals surface area (Å²) >= 11 is 11.7. The largest absolute Gasteiger partial charge is 0.264 e. The van der Waals surface area contributed by atoms with Gasteiger partial charge in [0.25, 0.3) is 0 Å². The second kappa shape index (κ2) is 4.17. The summed E-state index contributed by atoms with van der Waals surface area (Å²) in [6.07, 6.45) is 2.83. The Labute approximate surface area is 96.5 Å². The van der Waals surface area contributed by atoms with Gasteiger partial charge in [0.15, 0.2) is 0 Å². The molecule has 0 bridgehead atoms. The highest BCUT2D eigenvalue weighted by Gasteiger charge is 2.08. The van der Waals surface area contributed by atoms with Crippen LogP contribution in [0.1, 0.15) is 0 Å². The van der Waals surface area contributed by atoms with Gasteiger partial charge in [0.2, 0.25) is 0 Å². The Morgan fingerprint density at radius 1 is 1.07 bits per heavy atom. The van der Waals surface area contributed by atoms with Crippen molar-refractivity contribution in [3.63, 3.8) is 0 Å². The van der Waals surface area contributed by atoms with Crippen LogP contribution in [-0.2, 0) is 0 Å². The van der Waals surface area contributed by atoms with Crippen molar-refractivity contribution in [1.82, 2.24) is 4.98 Å². The number of benzene rings is 1. The first-order chi connectivity index (χ1) is 7.18. The van der Waals surface area contributed by atoms with Crippen molar-refractivity contribution in [2.45, 2.75) is 0 Å². The number of rotatable bonds is 1. The summed E-state index contributed by atoms with van der Waals surface area (Å²) in [5, 5.41) is 0.933. The summed E-state index contributed by atoms with van der Waals surface area (Å²) in [7, 11) is 0. The maximum Gasteiger partial charge on any atom is 0.134 e. The Kier molecular flexibility index (Phi) is 2.89. The van der Waals surface area contributed by atoms with Gasteiger partial charge >= 0.3 is 0 Å². The highest BCUT2D eigenvalue weighted by atomic mass is 35.5. The summed E-state index contributed by atoms with van der Waals surface area (Å²) in [6.45, 7) is 0. The molecule has 0 aliphatic carbocycles. The zero-order chi connectivity index (χ0) is 10.8. The summed E-state index contributed by atoms with van der Waals surface area (Å²) in [5.41, 5.74) is 0.964. The molecule has 1 aromatic heterocycles. The van der Waals surface area contributed by atoms with Crippen molar-refractivity contribution in [3.05, 3.63) is 52.5 Å². The van der Waals surface area contributed by atoms with E-state index >= 15 is 0 Å². The van der Waals surface area contributed by atoms with Gasteiger partial charge in [0, 0.05) is 28.5 Å². The van der Waals surface area contributed by atoms with Gasteiger partial charge in [-0.05, 0) is 18.2 Å². The van der Waals surface area contributed by atoms with E-state index in [4.69, 9.17) is 23.2 Å². The number of nitrogens with zero attached hydrogens (tertiary/aromatic N) is 1. The van der Waals surface area contributed by atoms with Gasteiger partial charge in [-0.3, -0.25) is 4.98 Å². The fraction of sp³-hybridized carbons (Fsp3) is 0. The number of hydrogen-bond donors (Lipinski definition) is 0. The minimum absolute atomic E-state index is 0.353. The van der Waals surface area contributed by atoms with E-state index in [2.05, 4.69) is 4.98 Å². The molecular weight excluding hydrogens is 236 g/mol. The van der Waals surface area contributed by atoms with Gasteiger partial charge in [-0.2, -0.15) is 0 Å². The van der Waals surface area contributed by atoms with Crippen molar-refractivity contribution in [1.29, 1.82) is 0 Å². The molecular formula is C11H6Cl2FN. The Balaban J connectivity index is 2.60. The first-order valence-corrected chi connectivity index (χ1v) is 4.99. The van der Waals surface area contributed by atoms with Gasteiger partial charge in [0.1, 0.15) is 5.82 Å². The van der Waals surface area contributed by atoms with E-state index < -0.39 is 0 Å². The lowest BCUT2D eigenvalue weighted by Gasteiger charge is -2.05. The van der Waals surface area contributed by atoms with Crippen LogP contribution in [0.15, 0.2) is 36.7 Å². The Morgan fingerprint density at radius 2 is 1.87 bits per heavy atom. The predicted octanol–water partition coefficient (Wildman–Crippen LogP) is 4.19. The van der Waals surface area contributed by atoms with Gasteiger partial charge in [-0.25, -0.2) is 4.39 Å². The van der Waals surface area contributed by atoms with Crippen molar-refractivity contribution in [3.8, 4) is 11.1 Å². The van der Waals surface area contributed by atoms with Crippen molar-refractivity contribution >= 4 is 23.2 Å². The molecule has 0 spiro atoms. The van der Waals surface area contributed by atoms with Crippen LogP contribution in [0.2, 0.25) is 10.0 Å². The van der Waals surface area contributed by atoms with Crippen LogP contribution in [0, 0.1) is 5.82 Å². The molecule has 0 aliphatic rings. The third kappa shape index (κ3) is 2.11. The van der Waals surface area contributed by atoms with Gasteiger partial charge in [-0.1, -0.05) is 29.3 Å². The molecule has 15 heavy (non-hydrogen) atoms. The smallest absolute Gasteiger partial charge is 0.134 e. The van der Waals surface area contributed by atoms with Crippen molar-refractivity contribution < 1.29 is 4.39 Å². The lowest BCUT2D eigenvalue weighted by molar-refractivity contribution is 0.629. The maximum atomic E-state index is 13.4. The lowest BCUT2D eigenvalue weighted by Crippen LogP contribution is -1.86. The summed E-state index contributed by atoms with van der Waals surface area (Å²) in [6, 6.07) is 6.20. The standard InChI is InChI=1S/C11H6Cl2FN/c12-7-1-2-8(10(13)5-7)9-6-15-4-3-11(9)14/h1-6H. The summed E-state index contributed by atoms with van der Waals surface area (Å²) in [4.78, 5) is 3.85. The zero-order valence-electron chi connectivity index (χ0n) is 7.55.